The summed E-state index contributed by atoms with van der Waals surface area (Å²) in [6.45, 7) is 0. The van der Waals surface area contributed by atoms with Crippen LogP contribution < -0.4 is 0 Å². The highest BCUT2D eigenvalue weighted by Crippen LogP contribution is 2.08. The van der Waals surface area contributed by atoms with Gasteiger partial charge in [0.05, 0.1) is 7.11 Å². The van der Waals surface area contributed by atoms with E-state index in [2.05, 4.69) is 9.72 Å². The van der Waals surface area contributed by atoms with E-state index in [4.69, 9.17) is 11.6 Å². The Hall–Kier alpha value is -1.29. The molecule has 13 heavy (non-hydrogen) atoms. The summed E-state index contributed by atoms with van der Waals surface area (Å²) < 4.78 is 4.33. The Labute approximate surface area is 79.8 Å². The zero-order chi connectivity index (χ0) is 9.84. The maximum absolute atomic E-state index is 11.4. The third-order valence-corrected chi connectivity index (χ3v) is 1.90. The topological polar surface area (TPSA) is 59.2 Å². The van der Waals surface area contributed by atoms with Gasteiger partial charge in [-0.15, -0.1) is 11.6 Å². The number of ether oxygens (including phenoxy) is 1. The van der Waals surface area contributed by atoms with Crippen LogP contribution in [0, 0.1) is 0 Å². The number of aromatic amines is 1. The molecule has 1 heterocycles. The van der Waals surface area contributed by atoms with Crippen molar-refractivity contribution in [3.63, 3.8) is 0 Å². The highest BCUT2D eigenvalue weighted by molar-refractivity contribution is 6.43. The fourth-order valence-electron chi connectivity index (χ4n) is 0.834. The van der Waals surface area contributed by atoms with Gasteiger partial charge < -0.3 is 9.72 Å². The summed E-state index contributed by atoms with van der Waals surface area (Å²) in [5, 5.41) is -1.26. The van der Waals surface area contributed by atoms with Crippen LogP contribution in [0.3, 0.4) is 0 Å². The van der Waals surface area contributed by atoms with Crippen molar-refractivity contribution in [3.05, 3.63) is 24.0 Å². The molecule has 0 aromatic carbocycles. The van der Waals surface area contributed by atoms with Crippen LogP contribution in [-0.2, 0) is 9.53 Å². The first kappa shape index (κ1) is 9.80. The summed E-state index contributed by atoms with van der Waals surface area (Å²) in [6.07, 6.45) is 3.05. The molecule has 70 valence electrons. The third-order valence-electron chi connectivity index (χ3n) is 1.52. The molecule has 1 N–H and O–H groups in total. The molecule has 0 aliphatic heterocycles. The largest absolute Gasteiger partial charge is 0.468 e. The zero-order valence-electron chi connectivity index (χ0n) is 6.91. The number of carbonyl (C=O) groups excluding carboxylic acids is 2. The molecular formula is C8H8ClNO3. The minimum absolute atomic E-state index is 0.366. The molecule has 1 atom stereocenters. The Balaban J connectivity index is 2.74. The molecule has 0 radical (unpaired) electrons. The number of halogens is 1. The lowest BCUT2D eigenvalue weighted by Gasteiger charge is -2.03. The van der Waals surface area contributed by atoms with Gasteiger partial charge in [0.25, 0.3) is 0 Å². The van der Waals surface area contributed by atoms with Crippen LogP contribution in [0.5, 0.6) is 0 Å². The summed E-state index contributed by atoms with van der Waals surface area (Å²) in [4.78, 5) is 24.9. The highest BCUT2D eigenvalue weighted by Gasteiger charge is 2.25. The number of rotatable bonds is 3. The van der Waals surface area contributed by atoms with Crippen molar-refractivity contribution in [2.45, 2.75) is 5.38 Å². The SMILES string of the molecule is COC(=O)C(Cl)C(=O)c1cc[nH]c1. The van der Waals surface area contributed by atoms with Crippen molar-refractivity contribution in [1.82, 2.24) is 4.98 Å². The second-order valence-electron chi connectivity index (χ2n) is 2.35. The molecule has 1 aromatic rings. The van der Waals surface area contributed by atoms with Crippen LogP contribution in [-0.4, -0.2) is 29.2 Å². The van der Waals surface area contributed by atoms with E-state index in [1.807, 2.05) is 0 Å². The van der Waals surface area contributed by atoms with Crippen molar-refractivity contribution in [2.24, 2.45) is 0 Å². The molecule has 1 aromatic heterocycles. The van der Waals surface area contributed by atoms with Gasteiger partial charge in [0, 0.05) is 18.0 Å². The Morgan fingerprint density at radius 2 is 2.31 bits per heavy atom. The molecule has 5 heteroatoms. The monoisotopic (exact) mass is 201 g/mol. The number of alkyl halides is 1. The van der Waals surface area contributed by atoms with Crippen molar-refractivity contribution >= 4 is 23.4 Å². The standard InChI is InChI=1S/C8H8ClNO3/c1-13-8(12)6(9)7(11)5-2-3-10-4-5/h2-4,6,10H,1H3. The third kappa shape index (κ3) is 2.09. The number of methoxy groups -OCH3 is 1. The van der Waals surface area contributed by atoms with Gasteiger partial charge in [0.15, 0.2) is 11.2 Å². The molecule has 0 saturated carbocycles. The first-order valence-electron chi connectivity index (χ1n) is 3.55. The number of nitrogens with one attached hydrogen (secondary N) is 1. The van der Waals surface area contributed by atoms with Crippen molar-refractivity contribution < 1.29 is 14.3 Å². The summed E-state index contributed by atoms with van der Waals surface area (Å²) in [5.74, 6) is -1.21. The number of hydrogen-bond acceptors (Lipinski definition) is 3. The fourth-order valence-corrected chi connectivity index (χ4v) is 1.05. The van der Waals surface area contributed by atoms with Crippen LogP contribution in [0.2, 0.25) is 0 Å². The normalized spacial score (nSPS) is 12.2. The van der Waals surface area contributed by atoms with Crippen LogP contribution in [0.1, 0.15) is 10.4 Å². The number of esters is 1. The summed E-state index contributed by atoms with van der Waals surface area (Å²) >= 11 is 5.54. The van der Waals surface area contributed by atoms with Gasteiger partial charge in [-0.05, 0) is 6.07 Å². The van der Waals surface area contributed by atoms with Gasteiger partial charge in [-0.3, -0.25) is 4.79 Å². The smallest absolute Gasteiger partial charge is 0.331 e. The minimum atomic E-state index is -1.26. The molecule has 0 saturated heterocycles. The van der Waals surface area contributed by atoms with Gasteiger partial charge in [-0.1, -0.05) is 0 Å². The molecule has 1 unspecified atom stereocenters. The van der Waals surface area contributed by atoms with E-state index >= 15 is 0 Å². The molecule has 0 bridgehead atoms. The maximum atomic E-state index is 11.4. The molecule has 0 aliphatic carbocycles. The Morgan fingerprint density at radius 3 is 2.77 bits per heavy atom. The van der Waals surface area contributed by atoms with E-state index in [1.54, 1.807) is 12.3 Å². The molecule has 0 aliphatic rings. The van der Waals surface area contributed by atoms with Gasteiger partial charge in [0.2, 0.25) is 0 Å². The number of carbonyl (C=O) groups is 2. The first-order chi connectivity index (χ1) is 6.16. The number of H-pyrrole nitrogens is 1. The van der Waals surface area contributed by atoms with E-state index in [0.29, 0.717) is 5.56 Å². The van der Waals surface area contributed by atoms with Gasteiger partial charge in [-0.25, -0.2) is 4.79 Å². The zero-order valence-corrected chi connectivity index (χ0v) is 7.67. The molecule has 0 amide bonds. The van der Waals surface area contributed by atoms with Gasteiger partial charge >= 0.3 is 5.97 Å². The van der Waals surface area contributed by atoms with Crippen LogP contribution in [0.25, 0.3) is 0 Å². The van der Waals surface area contributed by atoms with Crippen LogP contribution >= 0.6 is 11.6 Å². The second-order valence-corrected chi connectivity index (χ2v) is 2.79. The lowest BCUT2D eigenvalue weighted by Crippen LogP contribution is -2.25. The number of aromatic nitrogens is 1. The van der Waals surface area contributed by atoms with E-state index < -0.39 is 17.1 Å². The summed E-state index contributed by atoms with van der Waals surface area (Å²) in [5.41, 5.74) is 0.366. The summed E-state index contributed by atoms with van der Waals surface area (Å²) in [7, 11) is 1.18. The minimum Gasteiger partial charge on any atom is -0.468 e. The van der Waals surface area contributed by atoms with E-state index in [0.717, 1.165) is 0 Å². The number of hydrogen-bond donors (Lipinski definition) is 1. The Kier molecular flexibility index (Phi) is 3.08. The fraction of sp³-hybridized carbons (Fsp3) is 0.250. The van der Waals surface area contributed by atoms with E-state index in [-0.39, 0.29) is 0 Å². The van der Waals surface area contributed by atoms with Gasteiger partial charge in [-0.2, -0.15) is 0 Å². The quantitative estimate of drug-likeness (QED) is 0.343. The lowest BCUT2D eigenvalue weighted by molar-refractivity contribution is -0.139. The Bertz CT molecular complexity index is 307. The molecule has 1 rings (SSSR count). The maximum Gasteiger partial charge on any atom is 0.331 e. The predicted molar refractivity (Wildman–Crippen MR) is 46.8 cm³/mol. The van der Waals surface area contributed by atoms with Crippen LogP contribution in [0.15, 0.2) is 18.5 Å². The average Bonchev–Trinajstić information content (AvgIpc) is 2.67. The van der Waals surface area contributed by atoms with E-state index in [9.17, 15) is 9.59 Å². The Morgan fingerprint density at radius 1 is 1.62 bits per heavy atom. The highest BCUT2D eigenvalue weighted by atomic mass is 35.5. The molecule has 4 nitrogen and oxygen atoms in total. The van der Waals surface area contributed by atoms with Crippen molar-refractivity contribution in [2.75, 3.05) is 7.11 Å². The van der Waals surface area contributed by atoms with Crippen LogP contribution in [0.4, 0.5) is 0 Å². The molecule has 0 spiro atoms. The van der Waals surface area contributed by atoms with Crippen molar-refractivity contribution in [1.29, 1.82) is 0 Å². The predicted octanol–water partition coefficient (Wildman–Crippen LogP) is 0.978. The first-order valence-corrected chi connectivity index (χ1v) is 3.99. The average molecular weight is 202 g/mol. The van der Waals surface area contributed by atoms with Crippen molar-refractivity contribution in [3.8, 4) is 0 Å². The summed E-state index contributed by atoms with van der Waals surface area (Å²) in [6, 6.07) is 1.54. The molecule has 0 fully saturated rings. The second kappa shape index (κ2) is 4.09. The lowest BCUT2D eigenvalue weighted by atomic mass is 10.1. The van der Waals surface area contributed by atoms with Gasteiger partial charge in [0.1, 0.15) is 0 Å². The number of ketones is 1. The number of Topliss-reactive ketones (excluding diaryl/α,β-unsaturated/α-hetero) is 1. The van der Waals surface area contributed by atoms with E-state index in [1.165, 1.54) is 13.3 Å². The molecular weight excluding hydrogens is 194 g/mol.